The van der Waals surface area contributed by atoms with Crippen LogP contribution >= 0.6 is 0 Å². The van der Waals surface area contributed by atoms with Crippen molar-refractivity contribution in [3.8, 4) is 0 Å². The van der Waals surface area contributed by atoms with E-state index in [1.807, 2.05) is 29.4 Å². The summed E-state index contributed by atoms with van der Waals surface area (Å²) in [5, 5.41) is 2.85. The van der Waals surface area contributed by atoms with E-state index in [4.69, 9.17) is 0 Å². The summed E-state index contributed by atoms with van der Waals surface area (Å²) in [6, 6.07) is 8.07. The number of rotatable bonds is 17. The van der Waals surface area contributed by atoms with Crippen LogP contribution in [0.5, 0.6) is 0 Å². The fourth-order valence-corrected chi connectivity index (χ4v) is 6.75. The molecule has 3 N–H and O–H groups in total. The molecular formula is C35H54N8O2. The molecule has 10 heteroatoms. The van der Waals surface area contributed by atoms with Crippen LogP contribution in [0.2, 0.25) is 0 Å². The van der Waals surface area contributed by atoms with Gasteiger partial charge in [0, 0.05) is 89.4 Å². The van der Waals surface area contributed by atoms with Crippen molar-refractivity contribution >= 4 is 11.8 Å². The average Bonchev–Trinajstić information content (AvgIpc) is 3.72. The van der Waals surface area contributed by atoms with Crippen molar-refractivity contribution in [3.63, 3.8) is 0 Å². The average molecular weight is 619 g/mol. The number of imidazole rings is 2. The fraction of sp³-hybridized carbons (Fsp3) is 0.600. The highest BCUT2D eigenvalue weighted by atomic mass is 16.2. The van der Waals surface area contributed by atoms with Gasteiger partial charge >= 0.3 is 0 Å². The summed E-state index contributed by atoms with van der Waals surface area (Å²) in [7, 11) is 2.22. The first kappa shape index (κ1) is 34.4. The van der Waals surface area contributed by atoms with Crippen LogP contribution in [0.25, 0.3) is 0 Å². The van der Waals surface area contributed by atoms with E-state index in [9.17, 15) is 9.59 Å². The zero-order valence-electron chi connectivity index (χ0n) is 28.0. The second kappa shape index (κ2) is 16.7. The molecule has 1 saturated heterocycles. The largest absolute Gasteiger partial charge is 0.355 e. The van der Waals surface area contributed by atoms with Gasteiger partial charge in [-0.25, -0.2) is 9.97 Å². The maximum atomic E-state index is 13.9. The number of carbonyl (C=O) groups excluding carboxylic acids is 2. The Hall–Kier alpha value is -3.50. The van der Waals surface area contributed by atoms with Gasteiger partial charge in [0.05, 0.1) is 0 Å². The van der Waals surface area contributed by atoms with E-state index >= 15 is 0 Å². The number of aromatic nitrogens is 4. The van der Waals surface area contributed by atoms with E-state index in [0.717, 1.165) is 24.7 Å². The van der Waals surface area contributed by atoms with Crippen molar-refractivity contribution in [2.45, 2.75) is 66.3 Å². The van der Waals surface area contributed by atoms with Crippen LogP contribution in [0.3, 0.4) is 0 Å². The third-order valence-corrected chi connectivity index (χ3v) is 9.14. The predicted molar refractivity (Wildman–Crippen MR) is 179 cm³/mol. The predicted octanol–water partition coefficient (Wildman–Crippen LogP) is 4.39. The monoisotopic (exact) mass is 618 g/mol. The second-order valence-electron chi connectivity index (χ2n) is 13.5. The minimum absolute atomic E-state index is 0.0396. The number of nitrogens with one attached hydrogen (secondary N) is 3. The number of carbonyl (C=O) groups is 2. The molecule has 2 amide bonds. The Morgan fingerprint density at radius 3 is 2.16 bits per heavy atom. The van der Waals surface area contributed by atoms with Gasteiger partial charge in [-0.15, -0.1) is 0 Å². The lowest BCUT2D eigenvalue weighted by Crippen LogP contribution is -2.46. The molecule has 246 valence electrons. The summed E-state index contributed by atoms with van der Waals surface area (Å²) >= 11 is 0. The van der Waals surface area contributed by atoms with E-state index in [2.05, 4.69) is 75.0 Å². The highest BCUT2D eigenvalue weighted by Gasteiger charge is 2.34. The van der Waals surface area contributed by atoms with Crippen molar-refractivity contribution in [2.24, 2.45) is 17.3 Å². The van der Waals surface area contributed by atoms with Gasteiger partial charge in [0.25, 0.3) is 5.91 Å². The number of hydrogen-bond acceptors (Lipinski definition) is 6. The van der Waals surface area contributed by atoms with Crippen LogP contribution < -0.4 is 5.32 Å². The molecule has 0 radical (unpaired) electrons. The molecule has 1 aromatic carbocycles. The molecule has 0 aliphatic carbocycles. The van der Waals surface area contributed by atoms with Gasteiger partial charge in [-0.1, -0.05) is 32.9 Å². The van der Waals surface area contributed by atoms with Gasteiger partial charge in [-0.05, 0) is 74.3 Å². The molecule has 4 rings (SSSR count). The van der Waals surface area contributed by atoms with Gasteiger partial charge in [0.1, 0.15) is 11.6 Å². The molecule has 2 aromatic heterocycles. The minimum Gasteiger partial charge on any atom is -0.355 e. The molecule has 0 bridgehead atoms. The summed E-state index contributed by atoms with van der Waals surface area (Å²) in [5.74, 6) is 2.40. The molecule has 3 aromatic rings. The first-order valence-electron chi connectivity index (χ1n) is 16.6. The number of aromatic amines is 2. The minimum atomic E-state index is -0.107. The van der Waals surface area contributed by atoms with Crippen molar-refractivity contribution in [2.75, 3.05) is 52.9 Å². The molecule has 45 heavy (non-hydrogen) atoms. The van der Waals surface area contributed by atoms with Gasteiger partial charge < -0.3 is 30.0 Å². The van der Waals surface area contributed by atoms with Crippen LogP contribution in [0.1, 0.15) is 74.5 Å². The number of hydrogen-bond donors (Lipinski definition) is 3. The lowest BCUT2D eigenvalue weighted by atomic mass is 9.75. The number of piperidine rings is 1. The van der Waals surface area contributed by atoms with Crippen LogP contribution in [-0.2, 0) is 24.2 Å². The van der Waals surface area contributed by atoms with E-state index in [1.54, 1.807) is 12.4 Å². The quantitative estimate of drug-likeness (QED) is 0.207. The molecule has 0 spiro atoms. The van der Waals surface area contributed by atoms with Crippen molar-refractivity contribution < 1.29 is 9.59 Å². The lowest BCUT2D eigenvalue weighted by molar-refractivity contribution is -0.119. The Bertz CT molecular complexity index is 1250. The third kappa shape index (κ3) is 10.8. The first-order chi connectivity index (χ1) is 21.6. The maximum Gasteiger partial charge on any atom is 0.253 e. The number of nitrogens with zero attached hydrogens (tertiary/aromatic N) is 5. The summed E-state index contributed by atoms with van der Waals surface area (Å²) in [5.41, 5.74) is 2.23. The van der Waals surface area contributed by atoms with Crippen LogP contribution in [0.4, 0.5) is 0 Å². The Morgan fingerprint density at radius 1 is 1.02 bits per heavy atom. The Kier molecular flexibility index (Phi) is 12.8. The third-order valence-electron chi connectivity index (χ3n) is 9.14. The van der Waals surface area contributed by atoms with Crippen LogP contribution in [-0.4, -0.2) is 99.3 Å². The Labute approximate surface area is 269 Å². The van der Waals surface area contributed by atoms with E-state index in [-0.39, 0.29) is 17.7 Å². The number of H-pyrrole nitrogens is 2. The van der Waals surface area contributed by atoms with Gasteiger partial charge in [0.2, 0.25) is 5.91 Å². The zero-order valence-corrected chi connectivity index (χ0v) is 28.0. The van der Waals surface area contributed by atoms with Crippen molar-refractivity contribution in [1.82, 2.24) is 40.0 Å². The molecule has 10 nitrogen and oxygen atoms in total. The van der Waals surface area contributed by atoms with Crippen LogP contribution in [0, 0.1) is 17.3 Å². The Balaban J connectivity index is 1.39. The van der Waals surface area contributed by atoms with E-state index in [1.165, 1.54) is 51.4 Å². The van der Waals surface area contributed by atoms with Gasteiger partial charge in [-0.2, -0.15) is 0 Å². The highest BCUT2D eigenvalue weighted by molar-refractivity contribution is 5.94. The molecule has 3 heterocycles. The van der Waals surface area contributed by atoms with E-state index in [0.29, 0.717) is 49.4 Å². The zero-order chi connectivity index (χ0) is 32.2. The first-order valence-corrected chi connectivity index (χ1v) is 16.6. The molecule has 1 fully saturated rings. The van der Waals surface area contributed by atoms with Gasteiger partial charge in [-0.3, -0.25) is 9.59 Å². The molecule has 1 aliphatic heterocycles. The molecule has 1 aliphatic rings. The fourth-order valence-electron chi connectivity index (χ4n) is 6.75. The second-order valence-corrected chi connectivity index (χ2v) is 13.5. The topological polar surface area (TPSA) is 113 Å². The molecular weight excluding hydrogens is 564 g/mol. The molecule has 0 saturated carbocycles. The van der Waals surface area contributed by atoms with Crippen molar-refractivity contribution in [1.29, 1.82) is 0 Å². The van der Waals surface area contributed by atoms with Gasteiger partial charge in [0.15, 0.2) is 0 Å². The number of likely N-dealkylation sites (tertiary alicyclic amines) is 1. The Morgan fingerprint density at radius 2 is 1.64 bits per heavy atom. The van der Waals surface area contributed by atoms with Crippen LogP contribution in [0.15, 0.2) is 49.1 Å². The van der Waals surface area contributed by atoms with Crippen molar-refractivity contribution in [3.05, 3.63) is 71.8 Å². The smallest absolute Gasteiger partial charge is 0.253 e. The summed E-state index contributed by atoms with van der Waals surface area (Å²) < 4.78 is 0. The maximum absolute atomic E-state index is 13.9. The van der Waals surface area contributed by atoms with E-state index < -0.39 is 0 Å². The SMILES string of the molecule is CCC1(CN(C)Cc2ccc(C(=O)N(CCNC(C)=O)CC(Cc3ncc[nH]3)Cc3ncc[nH]3)cc2)CCN(CC(C)C)CC1. The standard InChI is InChI=1S/C35H54N8O2/c1-6-35(11-18-42(19-12-35)23-27(2)3)26-41(5)24-29-7-9-31(10-8-29)34(45)43(20-17-36-28(4)44)25-30(21-32-37-13-14-38-32)22-33-39-15-16-40-33/h7-10,13-16,27,30H,6,11-12,17-26H2,1-5H3,(H,36,44)(H,37,38)(H,39,40). The highest BCUT2D eigenvalue weighted by Crippen LogP contribution is 2.36. The summed E-state index contributed by atoms with van der Waals surface area (Å²) in [6.45, 7) is 15.3. The normalized spacial score (nSPS) is 15.2. The molecule has 0 unspecified atom stereocenters. The summed E-state index contributed by atoms with van der Waals surface area (Å²) in [6.07, 6.45) is 12.2. The lowest BCUT2D eigenvalue weighted by Gasteiger charge is -2.44. The number of benzene rings is 1. The molecule has 0 atom stereocenters. The summed E-state index contributed by atoms with van der Waals surface area (Å²) in [4.78, 5) is 47.7. The number of amides is 2.